The van der Waals surface area contributed by atoms with Crippen molar-refractivity contribution in [1.82, 2.24) is 5.32 Å². The highest BCUT2D eigenvalue weighted by molar-refractivity contribution is 4.84. The standard InChI is InChI=1S/C10H19NO/c1-10(5-7-11-8-6-10)12-9-3-2-4-9/h9,11H,2-8H2,1H3. The number of hydrogen-bond donors (Lipinski definition) is 1. The minimum absolute atomic E-state index is 0.191. The Bertz CT molecular complexity index is 148. The molecular weight excluding hydrogens is 150 g/mol. The first-order valence-corrected chi connectivity index (χ1v) is 5.17. The van der Waals surface area contributed by atoms with Gasteiger partial charge in [-0.2, -0.15) is 0 Å². The largest absolute Gasteiger partial charge is 0.372 e. The SMILES string of the molecule is CC1(OC2CCC2)CCNCC1. The Morgan fingerprint density at radius 2 is 1.92 bits per heavy atom. The van der Waals surface area contributed by atoms with E-state index in [1.807, 2.05) is 0 Å². The van der Waals surface area contributed by atoms with Crippen LogP contribution in [0.5, 0.6) is 0 Å². The molecule has 2 heteroatoms. The van der Waals surface area contributed by atoms with Gasteiger partial charge in [-0.3, -0.25) is 0 Å². The fourth-order valence-electron chi connectivity index (χ4n) is 1.96. The van der Waals surface area contributed by atoms with Gasteiger partial charge in [0.05, 0.1) is 11.7 Å². The first-order chi connectivity index (χ1) is 5.79. The number of nitrogens with one attached hydrogen (secondary N) is 1. The minimum Gasteiger partial charge on any atom is -0.372 e. The van der Waals surface area contributed by atoms with Crippen molar-refractivity contribution in [3.63, 3.8) is 0 Å². The smallest absolute Gasteiger partial charge is 0.0682 e. The molecule has 1 heterocycles. The lowest BCUT2D eigenvalue weighted by atomic mass is 9.91. The summed E-state index contributed by atoms with van der Waals surface area (Å²) in [7, 11) is 0. The second kappa shape index (κ2) is 3.35. The third kappa shape index (κ3) is 1.80. The van der Waals surface area contributed by atoms with Crippen molar-refractivity contribution in [3.05, 3.63) is 0 Å². The molecule has 0 spiro atoms. The monoisotopic (exact) mass is 169 g/mol. The Balaban J connectivity index is 1.81. The van der Waals surface area contributed by atoms with Gasteiger partial charge in [-0.25, -0.2) is 0 Å². The lowest BCUT2D eigenvalue weighted by Crippen LogP contribution is -2.45. The second-order valence-electron chi connectivity index (χ2n) is 4.37. The van der Waals surface area contributed by atoms with Crippen LogP contribution in [0.2, 0.25) is 0 Å². The third-order valence-corrected chi connectivity index (χ3v) is 3.16. The van der Waals surface area contributed by atoms with Crippen LogP contribution in [0.25, 0.3) is 0 Å². The van der Waals surface area contributed by atoms with Gasteiger partial charge in [-0.1, -0.05) is 0 Å². The topological polar surface area (TPSA) is 21.3 Å². The van der Waals surface area contributed by atoms with E-state index in [1.54, 1.807) is 0 Å². The van der Waals surface area contributed by atoms with Crippen molar-refractivity contribution >= 4 is 0 Å². The lowest BCUT2D eigenvalue weighted by Gasteiger charge is -2.40. The van der Waals surface area contributed by atoms with Crippen LogP contribution in [-0.2, 0) is 4.74 Å². The van der Waals surface area contributed by atoms with Gasteiger partial charge in [0.15, 0.2) is 0 Å². The van der Waals surface area contributed by atoms with Gasteiger partial charge in [0.2, 0.25) is 0 Å². The van der Waals surface area contributed by atoms with Crippen molar-refractivity contribution < 1.29 is 4.74 Å². The van der Waals surface area contributed by atoms with E-state index < -0.39 is 0 Å². The summed E-state index contributed by atoms with van der Waals surface area (Å²) in [6, 6.07) is 0. The van der Waals surface area contributed by atoms with E-state index in [0.717, 1.165) is 13.1 Å². The number of hydrogen-bond acceptors (Lipinski definition) is 2. The molecule has 0 amide bonds. The average Bonchev–Trinajstić information content (AvgIpc) is 1.99. The molecule has 2 nitrogen and oxygen atoms in total. The minimum atomic E-state index is 0.191. The highest BCUT2D eigenvalue weighted by Crippen LogP contribution is 2.31. The Morgan fingerprint density at radius 3 is 2.42 bits per heavy atom. The molecule has 0 radical (unpaired) electrons. The molecule has 2 rings (SSSR count). The molecule has 70 valence electrons. The first kappa shape index (κ1) is 8.52. The maximum absolute atomic E-state index is 6.07. The van der Waals surface area contributed by atoms with Crippen LogP contribution in [-0.4, -0.2) is 24.8 Å². The van der Waals surface area contributed by atoms with Gasteiger partial charge in [0.1, 0.15) is 0 Å². The van der Waals surface area contributed by atoms with Crippen molar-refractivity contribution in [2.75, 3.05) is 13.1 Å². The maximum atomic E-state index is 6.07. The molecule has 0 aromatic rings. The van der Waals surface area contributed by atoms with Crippen LogP contribution in [0.15, 0.2) is 0 Å². The summed E-state index contributed by atoms with van der Waals surface area (Å²) in [5.41, 5.74) is 0.191. The molecule has 1 N–H and O–H groups in total. The van der Waals surface area contributed by atoms with Crippen LogP contribution < -0.4 is 5.32 Å². The Hall–Kier alpha value is -0.0800. The molecule has 0 aromatic carbocycles. The van der Waals surface area contributed by atoms with Crippen molar-refractivity contribution in [1.29, 1.82) is 0 Å². The van der Waals surface area contributed by atoms with E-state index in [9.17, 15) is 0 Å². The summed E-state index contributed by atoms with van der Waals surface area (Å²) in [5.74, 6) is 0. The van der Waals surface area contributed by atoms with Gasteiger partial charge in [0, 0.05) is 0 Å². The van der Waals surface area contributed by atoms with E-state index in [1.165, 1.54) is 32.1 Å². The number of ether oxygens (including phenoxy) is 1. The zero-order valence-corrected chi connectivity index (χ0v) is 7.94. The van der Waals surface area contributed by atoms with Crippen LogP contribution in [0.3, 0.4) is 0 Å². The summed E-state index contributed by atoms with van der Waals surface area (Å²) >= 11 is 0. The van der Waals surface area contributed by atoms with Gasteiger partial charge in [-0.05, 0) is 52.1 Å². The highest BCUT2D eigenvalue weighted by atomic mass is 16.5. The van der Waals surface area contributed by atoms with Gasteiger partial charge in [0.25, 0.3) is 0 Å². The first-order valence-electron chi connectivity index (χ1n) is 5.17. The molecule has 0 atom stereocenters. The molecule has 2 fully saturated rings. The summed E-state index contributed by atoms with van der Waals surface area (Å²) in [6.07, 6.45) is 6.92. The molecule has 0 unspecified atom stereocenters. The van der Waals surface area contributed by atoms with Crippen molar-refractivity contribution in [3.8, 4) is 0 Å². The molecule has 1 saturated carbocycles. The van der Waals surface area contributed by atoms with E-state index in [2.05, 4.69) is 12.2 Å². The van der Waals surface area contributed by atoms with Gasteiger partial charge in [-0.15, -0.1) is 0 Å². The second-order valence-corrected chi connectivity index (χ2v) is 4.37. The molecule has 2 aliphatic rings. The number of piperidine rings is 1. The maximum Gasteiger partial charge on any atom is 0.0682 e. The molecule has 1 aliphatic heterocycles. The van der Waals surface area contributed by atoms with Gasteiger partial charge >= 0.3 is 0 Å². The highest BCUT2D eigenvalue weighted by Gasteiger charge is 2.32. The average molecular weight is 169 g/mol. The molecule has 0 bridgehead atoms. The van der Waals surface area contributed by atoms with E-state index in [4.69, 9.17) is 4.74 Å². The quantitative estimate of drug-likeness (QED) is 0.679. The molecule has 0 aromatic heterocycles. The zero-order chi connectivity index (χ0) is 8.44. The van der Waals surface area contributed by atoms with Crippen LogP contribution in [0.1, 0.15) is 39.0 Å². The fraction of sp³-hybridized carbons (Fsp3) is 1.00. The third-order valence-electron chi connectivity index (χ3n) is 3.16. The summed E-state index contributed by atoms with van der Waals surface area (Å²) < 4.78 is 6.07. The Kier molecular flexibility index (Phi) is 2.37. The summed E-state index contributed by atoms with van der Waals surface area (Å²) in [5, 5.41) is 3.37. The normalized spacial score (nSPS) is 29.8. The molecule has 12 heavy (non-hydrogen) atoms. The summed E-state index contributed by atoms with van der Waals surface area (Å²) in [6.45, 7) is 4.53. The fourth-order valence-corrected chi connectivity index (χ4v) is 1.96. The van der Waals surface area contributed by atoms with Crippen LogP contribution >= 0.6 is 0 Å². The molecular formula is C10H19NO. The Morgan fingerprint density at radius 1 is 1.25 bits per heavy atom. The van der Waals surface area contributed by atoms with E-state index in [0.29, 0.717) is 6.10 Å². The van der Waals surface area contributed by atoms with Gasteiger partial charge < -0.3 is 10.1 Å². The number of rotatable bonds is 2. The van der Waals surface area contributed by atoms with Crippen LogP contribution in [0.4, 0.5) is 0 Å². The van der Waals surface area contributed by atoms with E-state index in [-0.39, 0.29) is 5.60 Å². The molecule has 1 aliphatic carbocycles. The van der Waals surface area contributed by atoms with Crippen molar-refractivity contribution in [2.45, 2.75) is 50.7 Å². The lowest BCUT2D eigenvalue weighted by molar-refractivity contribution is -0.124. The van der Waals surface area contributed by atoms with E-state index >= 15 is 0 Å². The summed E-state index contributed by atoms with van der Waals surface area (Å²) in [4.78, 5) is 0. The van der Waals surface area contributed by atoms with Crippen molar-refractivity contribution in [2.24, 2.45) is 0 Å². The van der Waals surface area contributed by atoms with Crippen LogP contribution in [0, 0.1) is 0 Å². The Labute approximate surface area is 74.7 Å². The zero-order valence-electron chi connectivity index (χ0n) is 7.94. The molecule has 1 saturated heterocycles. The predicted molar refractivity (Wildman–Crippen MR) is 49.2 cm³/mol. The predicted octanol–water partition coefficient (Wildman–Crippen LogP) is 1.70.